The summed E-state index contributed by atoms with van der Waals surface area (Å²) < 4.78 is 0. The van der Waals surface area contributed by atoms with Crippen LogP contribution in [0.1, 0.15) is 85.1 Å². The predicted octanol–water partition coefficient (Wildman–Crippen LogP) is 5.82. The summed E-state index contributed by atoms with van der Waals surface area (Å²) in [6, 6.07) is 7.93. The number of allylic oxidation sites excluding steroid dienone is 2. The molecule has 0 heterocycles. The number of nitrogens with one attached hydrogen (secondary N) is 2. The monoisotopic (exact) mass is 450 g/mol. The van der Waals surface area contributed by atoms with Gasteiger partial charge in [-0.1, -0.05) is 51.3 Å². The fourth-order valence-electron chi connectivity index (χ4n) is 5.00. The molecule has 0 spiro atoms. The Bertz CT molecular complexity index is 964. The first-order chi connectivity index (χ1) is 15.6. The zero-order valence-electron chi connectivity index (χ0n) is 20.7. The Balaban J connectivity index is 1.85. The van der Waals surface area contributed by atoms with Crippen molar-refractivity contribution in [2.24, 2.45) is 11.8 Å². The van der Waals surface area contributed by atoms with Crippen molar-refractivity contribution < 1.29 is 14.4 Å². The lowest BCUT2D eigenvalue weighted by atomic mass is 9.79. The average Bonchev–Trinajstić information content (AvgIpc) is 3.18. The van der Waals surface area contributed by atoms with Gasteiger partial charge in [0, 0.05) is 23.2 Å². The van der Waals surface area contributed by atoms with Crippen molar-refractivity contribution in [3.8, 4) is 0 Å². The highest BCUT2D eigenvalue weighted by Gasteiger charge is 2.32. The number of hydrogen-bond acceptors (Lipinski definition) is 3. The Kier molecular flexibility index (Phi) is 7.93. The van der Waals surface area contributed by atoms with Crippen molar-refractivity contribution in [3.63, 3.8) is 0 Å². The van der Waals surface area contributed by atoms with Crippen molar-refractivity contribution in [1.82, 2.24) is 5.32 Å². The van der Waals surface area contributed by atoms with Crippen LogP contribution in [-0.4, -0.2) is 18.1 Å². The van der Waals surface area contributed by atoms with Gasteiger partial charge in [0.15, 0.2) is 0 Å². The van der Waals surface area contributed by atoms with Crippen molar-refractivity contribution >= 4 is 23.8 Å². The van der Waals surface area contributed by atoms with Crippen LogP contribution in [0.3, 0.4) is 0 Å². The second-order valence-electron chi connectivity index (χ2n) is 10.6. The van der Waals surface area contributed by atoms with E-state index in [1.54, 1.807) is 6.92 Å². The van der Waals surface area contributed by atoms with Crippen LogP contribution < -0.4 is 10.6 Å². The largest absolute Gasteiger partial charge is 0.329 e. The lowest BCUT2D eigenvalue weighted by Crippen LogP contribution is -2.37. The molecule has 0 aliphatic heterocycles. The molecule has 33 heavy (non-hydrogen) atoms. The highest BCUT2D eigenvalue weighted by Crippen LogP contribution is 2.34. The van der Waals surface area contributed by atoms with E-state index in [1.165, 1.54) is 11.1 Å². The molecule has 2 atom stereocenters. The van der Waals surface area contributed by atoms with Gasteiger partial charge in [0.1, 0.15) is 6.29 Å². The first-order valence-electron chi connectivity index (χ1n) is 12.2. The summed E-state index contributed by atoms with van der Waals surface area (Å²) in [4.78, 5) is 38.0. The van der Waals surface area contributed by atoms with Gasteiger partial charge >= 0.3 is 0 Å². The Morgan fingerprint density at radius 1 is 1.00 bits per heavy atom. The molecule has 1 fully saturated rings. The molecule has 0 saturated heterocycles. The van der Waals surface area contributed by atoms with Crippen LogP contribution in [0, 0.1) is 11.8 Å². The molecular weight excluding hydrogens is 412 g/mol. The van der Waals surface area contributed by atoms with Crippen LogP contribution in [0.2, 0.25) is 0 Å². The zero-order valence-corrected chi connectivity index (χ0v) is 20.7. The van der Waals surface area contributed by atoms with Gasteiger partial charge in [-0.15, -0.1) is 0 Å². The van der Waals surface area contributed by atoms with Gasteiger partial charge in [-0.3, -0.25) is 9.59 Å². The van der Waals surface area contributed by atoms with Gasteiger partial charge in [-0.2, -0.15) is 0 Å². The Morgan fingerprint density at radius 3 is 2.24 bits per heavy atom. The summed E-state index contributed by atoms with van der Waals surface area (Å²) in [6.07, 6.45) is 7.12. The van der Waals surface area contributed by atoms with Gasteiger partial charge in [-0.25, -0.2) is 0 Å². The van der Waals surface area contributed by atoms with E-state index in [2.05, 4.69) is 38.3 Å². The lowest BCUT2D eigenvalue weighted by Gasteiger charge is -2.27. The highest BCUT2D eigenvalue weighted by molar-refractivity contribution is 6.08. The van der Waals surface area contributed by atoms with Crippen LogP contribution >= 0.6 is 0 Å². The maximum Gasteiger partial charge on any atom is 0.257 e. The molecule has 0 radical (unpaired) electrons. The standard InChI is InChI=1S/C28H38N2O3/c1-18-9-8-12-23(18)25(19(2)29-26(32)24-11-7-6-10-20(24)17-31)27(33)30-22-15-13-21(14-16-22)28(3,4)5/h13-17,20,24H,6-12H2,1-5H3,(H,29,32)(H,30,33)/b25-19-. The van der Waals surface area contributed by atoms with Crippen LogP contribution in [0.4, 0.5) is 5.69 Å². The van der Waals surface area contributed by atoms with E-state index >= 15 is 0 Å². The molecule has 1 aromatic carbocycles. The topological polar surface area (TPSA) is 75.3 Å². The number of benzene rings is 1. The summed E-state index contributed by atoms with van der Waals surface area (Å²) in [5.41, 5.74) is 5.30. The summed E-state index contributed by atoms with van der Waals surface area (Å²) in [7, 11) is 0. The number of carbonyl (C=O) groups excluding carboxylic acids is 3. The quantitative estimate of drug-likeness (QED) is 0.424. The van der Waals surface area contributed by atoms with Gasteiger partial charge in [0.05, 0.1) is 5.57 Å². The smallest absolute Gasteiger partial charge is 0.257 e. The molecule has 2 amide bonds. The predicted molar refractivity (Wildman–Crippen MR) is 133 cm³/mol. The van der Waals surface area contributed by atoms with Crippen LogP contribution in [0.15, 0.2) is 46.7 Å². The molecule has 5 heteroatoms. The molecule has 1 saturated carbocycles. The minimum Gasteiger partial charge on any atom is -0.329 e. The Hall–Kier alpha value is -2.69. The number of amides is 2. The minimum absolute atomic E-state index is 0.0404. The summed E-state index contributed by atoms with van der Waals surface area (Å²) in [6.45, 7) is 10.3. The first kappa shape index (κ1) is 24.9. The molecule has 3 rings (SSSR count). The number of hydrogen-bond donors (Lipinski definition) is 2. The van der Waals surface area contributed by atoms with E-state index in [4.69, 9.17) is 0 Å². The summed E-state index contributed by atoms with van der Waals surface area (Å²) in [5.74, 6) is -0.916. The SMILES string of the molecule is CC1=C(/C(C(=O)Nc2ccc(C(C)(C)C)cc2)=C(\C)NC(=O)C2CCCCC2C=O)CCC1. The maximum atomic E-state index is 13.4. The van der Waals surface area contributed by atoms with E-state index < -0.39 is 0 Å². The van der Waals surface area contributed by atoms with Gasteiger partial charge in [0.2, 0.25) is 5.91 Å². The molecule has 0 bridgehead atoms. The van der Waals surface area contributed by atoms with Gasteiger partial charge < -0.3 is 15.4 Å². The molecule has 5 nitrogen and oxygen atoms in total. The van der Waals surface area contributed by atoms with Crippen molar-refractivity contribution in [1.29, 1.82) is 0 Å². The third kappa shape index (κ3) is 6.01. The normalized spacial score (nSPS) is 22.0. The van der Waals surface area contributed by atoms with Gasteiger partial charge in [0.25, 0.3) is 5.91 Å². The van der Waals surface area contributed by atoms with Crippen LogP contribution in [-0.2, 0) is 19.8 Å². The summed E-state index contributed by atoms with van der Waals surface area (Å²) >= 11 is 0. The van der Waals surface area contributed by atoms with Crippen molar-refractivity contribution in [2.45, 2.75) is 85.0 Å². The lowest BCUT2D eigenvalue weighted by molar-refractivity contribution is -0.130. The maximum absolute atomic E-state index is 13.4. The zero-order chi connectivity index (χ0) is 24.2. The van der Waals surface area contributed by atoms with E-state index in [0.29, 0.717) is 17.7 Å². The minimum atomic E-state index is -0.320. The number of rotatable bonds is 6. The molecular formula is C28H38N2O3. The Labute approximate surface area is 198 Å². The van der Waals surface area contributed by atoms with Crippen LogP contribution in [0.5, 0.6) is 0 Å². The van der Waals surface area contributed by atoms with E-state index in [0.717, 1.165) is 56.1 Å². The molecule has 0 aromatic heterocycles. The van der Waals surface area contributed by atoms with Crippen molar-refractivity contribution in [3.05, 3.63) is 52.2 Å². The van der Waals surface area contributed by atoms with E-state index in [9.17, 15) is 14.4 Å². The fraction of sp³-hybridized carbons (Fsp3) is 0.536. The van der Waals surface area contributed by atoms with Crippen molar-refractivity contribution in [2.75, 3.05) is 5.32 Å². The second-order valence-corrected chi connectivity index (χ2v) is 10.6. The number of carbonyl (C=O) groups is 3. The fourth-order valence-corrected chi connectivity index (χ4v) is 5.00. The number of anilines is 1. The van der Waals surface area contributed by atoms with E-state index in [-0.39, 0.29) is 29.1 Å². The molecule has 2 aliphatic rings. The third-order valence-electron chi connectivity index (χ3n) is 7.05. The molecule has 178 valence electrons. The Morgan fingerprint density at radius 2 is 1.67 bits per heavy atom. The third-order valence-corrected chi connectivity index (χ3v) is 7.05. The highest BCUT2D eigenvalue weighted by atomic mass is 16.2. The van der Waals surface area contributed by atoms with E-state index in [1.807, 2.05) is 24.3 Å². The molecule has 2 N–H and O–H groups in total. The summed E-state index contributed by atoms with van der Waals surface area (Å²) in [5, 5.41) is 6.03. The van der Waals surface area contributed by atoms with Gasteiger partial charge in [-0.05, 0) is 74.6 Å². The second kappa shape index (κ2) is 10.5. The molecule has 2 unspecified atom stereocenters. The molecule has 2 aliphatic carbocycles. The molecule has 1 aromatic rings. The first-order valence-corrected chi connectivity index (χ1v) is 12.2. The number of aldehydes is 1. The average molecular weight is 451 g/mol. The van der Waals surface area contributed by atoms with Crippen LogP contribution in [0.25, 0.3) is 0 Å².